The molecular weight excluding hydrogens is 699 g/mol. The number of benzene rings is 3. The van der Waals surface area contributed by atoms with Gasteiger partial charge in [0.15, 0.2) is 6.10 Å². The second-order valence-corrected chi connectivity index (χ2v) is 14.9. The van der Waals surface area contributed by atoms with Crippen molar-refractivity contribution in [3.8, 4) is 5.75 Å². The van der Waals surface area contributed by atoms with Gasteiger partial charge in [-0.1, -0.05) is 105 Å². The number of amides is 2. The fourth-order valence-electron chi connectivity index (χ4n) is 6.31. The molecule has 6 atom stereocenters. The molecule has 8 nitrogen and oxygen atoms in total. The fraction of sp³-hybridized carbons (Fsp3) is 0.452. The van der Waals surface area contributed by atoms with Gasteiger partial charge in [-0.25, -0.2) is 4.79 Å². The van der Waals surface area contributed by atoms with Gasteiger partial charge in [-0.15, -0.1) is 11.6 Å². The minimum Gasteiger partial charge on any atom is -0.495 e. The van der Waals surface area contributed by atoms with Crippen molar-refractivity contribution in [3.05, 3.63) is 113 Å². The number of hydrogen-bond acceptors (Lipinski definition) is 6. The van der Waals surface area contributed by atoms with Crippen molar-refractivity contribution in [1.82, 2.24) is 10.6 Å². The molecule has 52 heavy (non-hydrogen) atoms. The van der Waals surface area contributed by atoms with E-state index in [1.54, 1.807) is 19.3 Å². The Hall–Kier alpha value is -3.85. The number of ether oxygens (including phenoxy) is 3. The number of aryl methyl sites for hydroxylation is 1. The molecule has 0 radical (unpaired) electrons. The summed E-state index contributed by atoms with van der Waals surface area (Å²) >= 11 is 13.2. The molecular formula is C42H52Cl2N2O6. The third kappa shape index (κ3) is 13.3. The Morgan fingerprint density at radius 1 is 0.923 bits per heavy atom. The van der Waals surface area contributed by atoms with Crippen LogP contribution in [0.4, 0.5) is 0 Å². The molecule has 2 N–H and O–H groups in total. The Bertz CT molecular complexity index is 1600. The van der Waals surface area contributed by atoms with E-state index in [2.05, 4.69) is 10.6 Å². The van der Waals surface area contributed by atoms with Crippen molar-refractivity contribution in [3.63, 3.8) is 0 Å². The lowest BCUT2D eigenvalue weighted by molar-refractivity contribution is -0.166. The molecule has 4 unspecified atom stereocenters. The van der Waals surface area contributed by atoms with E-state index in [1.807, 2.05) is 93.6 Å². The first-order valence-corrected chi connectivity index (χ1v) is 19.0. The summed E-state index contributed by atoms with van der Waals surface area (Å²) in [5, 5.41) is 6.28. The molecule has 0 aromatic heterocycles. The molecule has 1 heterocycles. The SMILES string of the molecule is COc1ccc(CC[C@H]2NC(=O)/C=C/C[C@@H](C(C)CC(Cl)c3ccccc3)OC(=O)C(CC(C)C)OCCC(Cc3ccccc3)NC2=O)cc1Cl. The van der Waals surface area contributed by atoms with E-state index >= 15 is 0 Å². The van der Waals surface area contributed by atoms with Crippen LogP contribution in [0.15, 0.2) is 91.0 Å². The maximum absolute atomic E-state index is 13.9. The average molecular weight is 752 g/mol. The van der Waals surface area contributed by atoms with Crippen molar-refractivity contribution < 1.29 is 28.6 Å². The van der Waals surface area contributed by atoms with E-state index in [9.17, 15) is 14.4 Å². The molecule has 0 saturated carbocycles. The highest BCUT2D eigenvalue weighted by molar-refractivity contribution is 6.32. The first kappa shape index (κ1) is 40.9. The number of halogens is 2. The highest BCUT2D eigenvalue weighted by Gasteiger charge is 2.30. The summed E-state index contributed by atoms with van der Waals surface area (Å²) in [6, 6.07) is 24.0. The Balaban J connectivity index is 1.60. The largest absolute Gasteiger partial charge is 0.495 e. The van der Waals surface area contributed by atoms with Gasteiger partial charge in [-0.05, 0) is 85.3 Å². The molecule has 4 rings (SSSR count). The van der Waals surface area contributed by atoms with Gasteiger partial charge in [0.2, 0.25) is 11.8 Å². The zero-order valence-corrected chi connectivity index (χ0v) is 32.1. The number of esters is 1. The minimum atomic E-state index is -0.825. The van der Waals surface area contributed by atoms with Gasteiger partial charge in [0, 0.05) is 19.1 Å². The third-order valence-electron chi connectivity index (χ3n) is 9.26. The van der Waals surface area contributed by atoms with Crippen LogP contribution in [0.2, 0.25) is 5.02 Å². The van der Waals surface area contributed by atoms with Crippen molar-refractivity contribution in [1.29, 1.82) is 0 Å². The highest BCUT2D eigenvalue weighted by atomic mass is 35.5. The average Bonchev–Trinajstić information content (AvgIpc) is 3.12. The van der Waals surface area contributed by atoms with E-state index in [-0.39, 0.29) is 42.2 Å². The molecule has 0 bridgehead atoms. The maximum atomic E-state index is 13.9. The van der Waals surface area contributed by atoms with Crippen molar-refractivity contribution >= 4 is 41.0 Å². The predicted molar refractivity (Wildman–Crippen MR) is 207 cm³/mol. The zero-order chi connectivity index (χ0) is 37.5. The topological polar surface area (TPSA) is 103 Å². The van der Waals surface area contributed by atoms with Gasteiger partial charge < -0.3 is 24.8 Å². The number of rotatable bonds is 12. The summed E-state index contributed by atoms with van der Waals surface area (Å²) in [5.41, 5.74) is 2.94. The van der Waals surface area contributed by atoms with E-state index in [0.29, 0.717) is 49.3 Å². The maximum Gasteiger partial charge on any atom is 0.335 e. The van der Waals surface area contributed by atoms with E-state index < -0.39 is 30.1 Å². The van der Waals surface area contributed by atoms with E-state index in [1.165, 1.54) is 6.08 Å². The van der Waals surface area contributed by atoms with E-state index in [0.717, 1.165) is 16.7 Å². The number of cyclic esters (lactones) is 1. The molecule has 0 aliphatic carbocycles. The third-order valence-corrected chi connectivity index (χ3v) is 9.98. The first-order chi connectivity index (χ1) is 25.0. The van der Waals surface area contributed by atoms with E-state index in [4.69, 9.17) is 37.4 Å². The molecule has 3 aromatic rings. The summed E-state index contributed by atoms with van der Waals surface area (Å²) in [6.07, 6.45) is 4.90. The van der Waals surface area contributed by atoms with Crippen LogP contribution in [0.1, 0.15) is 74.9 Å². The van der Waals surface area contributed by atoms with Crippen molar-refractivity contribution in [2.75, 3.05) is 13.7 Å². The summed E-state index contributed by atoms with van der Waals surface area (Å²) < 4.78 is 17.7. The van der Waals surface area contributed by atoms with Crippen LogP contribution in [0.25, 0.3) is 0 Å². The van der Waals surface area contributed by atoms with Gasteiger partial charge in [0.05, 0.1) is 17.5 Å². The molecule has 1 aliphatic heterocycles. The second kappa shape index (κ2) is 21.0. The van der Waals surface area contributed by atoms with Gasteiger partial charge in [-0.3, -0.25) is 9.59 Å². The van der Waals surface area contributed by atoms with Crippen LogP contribution < -0.4 is 15.4 Å². The molecule has 3 aromatic carbocycles. The van der Waals surface area contributed by atoms with Gasteiger partial charge in [0.25, 0.3) is 0 Å². The molecule has 10 heteroatoms. The first-order valence-electron chi connectivity index (χ1n) is 18.2. The monoisotopic (exact) mass is 750 g/mol. The van der Waals surface area contributed by atoms with Gasteiger partial charge in [-0.2, -0.15) is 0 Å². The Labute approximate surface area is 318 Å². The van der Waals surface area contributed by atoms with Crippen molar-refractivity contribution in [2.45, 2.75) is 95.4 Å². The van der Waals surface area contributed by atoms with Crippen LogP contribution in [0, 0.1) is 11.8 Å². The number of nitrogens with one attached hydrogen (secondary N) is 2. The van der Waals surface area contributed by atoms with Crippen molar-refractivity contribution in [2.24, 2.45) is 11.8 Å². The number of carbonyl (C=O) groups is 3. The quantitative estimate of drug-likeness (QED) is 0.143. The van der Waals surface area contributed by atoms with Crippen LogP contribution in [-0.4, -0.2) is 55.8 Å². The molecule has 0 fully saturated rings. The minimum absolute atomic E-state index is 0.136. The molecule has 1 aliphatic rings. The summed E-state index contributed by atoms with van der Waals surface area (Å²) in [6.45, 7) is 6.30. The number of alkyl halides is 1. The smallest absolute Gasteiger partial charge is 0.335 e. The van der Waals surface area contributed by atoms with Crippen LogP contribution in [0.3, 0.4) is 0 Å². The summed E-state index contributed by atoms with van der Waals surface area (Å²) in [4.78, 5) is 41.0. The Morgan fingerprint density at radius 2 is 1.63 bits per heavy atom. The van der Waals surface area contributed by atoms with Crippen LogP contribution in [-0.2, 0) is 36.7 Å². The lowest BCUT2D eigenvalue weighted by Gasteiger charge is -2.28. The van der Waals surface area contributed by atoms with Gasteiger partial charge >= 0.3 is 5.97 Å². The Kier molecular flexibility index (Phi) is 16.5. The summed E-state index contributed by atoms with van der Waals surface area (Å²) in [5.74, 6) is -0.556. The molecule has 2 amide bonds. The highest BCUT2D eigenvalue weighted by Crippen LogP contribution is 2.31. The molecule has 0 spiro atoms. The van der Waals surface area contributed by atoms with Crippen LogP contribution in [0.5, 0.6) is 5.75 Å². The zero-order valence-electron chi connectivity index (χ0n) is 30.6. The summed E-state index contributed by atoms with van der Waals surface area (Å²) in [7, 11) is 1.56. The predicted octanol–water partition coefficient (Wildman–Crippen LogP) is 8.19. The van der Waals surface area contributed by atoms with Gasteiger partial charge in [0.1, 0.15) is 17.9 Å². The number of carbonyl (C=O) groups excluding carboxylic acids is 3. The van der Waals surface area contributed by atoms with Crippen LogP contribution >= 0.6 is 23.2 Å². The standard InChI is InChI=1S/C42H52Cl2N2O6/c1-28(2)24-39-42(49)52-37(29(3)25-34(43)32-14-9-6-10-15-32)16-11-17-40(47)46-36(20-18-31-19-21-38(50-4)35(44)27-31)41(48)45-33(22-23-51-39)26-30-12-7-5-8-13-30/h5-15,17,19,21,27-29,33-34,36-37,39H,16,18,20,22-26H2,1-4H3,(H,45,48)(H,46,47)/b17-11+/t29?,33?,34?,36-,37+,39?/m1/s1. The Morgan fingerprint density at radius 3 is 2.31 bits per heavy atom. The lowest BCUT2D eigenvalue weighted by Crippen LogP contribution is -2.50. The second-order valence-electron chi connectivity index (χ2n) is 13.9. The fourth-order valence-corrected chi connectivity index (χ4v) is 7.02. The normalized spacial score (nSPS) is 22.5. The molecule has 280 valence electrons. The number of hydrogen-bond donors (Lipinski definition) is 2. The lowest BCUT2D eigenvalue weighted by atomic mass is 9.93. The molecule has 0 saturated heterocycles. The number of methoxy groups -OCH3 is 1.